The number of hydrogen-bond acceptors (Lipinski definition) is 5. The number of aromatic nitrogens is 2. The third-order valence-corrected chi connectivity index (χ3v) is 4.06. The maximum atomic E-state index is 12.2. The Hall–Kier alpha value is -3.52. The van der Waals surface area contributed by atoms with Crippen LogP contribution in [0.1, 0.15) is 20.8 Å². The van der Waals surface area contributed by atoms with Crippen molar-refractivity contribution in [2.45, 2.75) is 0 Å². The van der Waals surface area contributed by atoms with Gasteiger partial charge < -0.3 is 9.47 Å². The third kappa shape index (κ3) is 4.24. The molecule has 1 aromatic heterocycles. The maximum Gasteiger partial charge on any atom is 0.290 e. The molecule has 144 valence electrons. The first kappa shape index (κ1) is 19.2. The van der Waals surface area contributed by atoms with Gasteiger partial charge in [-0.15, -0.1) is 0 Å². The predicted octanol–water partition coefficient (Wildman–Crippen LogP) is 2.62. The SMILES string of the molecule is COc1ccc(C(=O)NNC(=O)c2ccn(-c3cccc(Cl)c3)n2)cc1OC. The van der Waals surface area contributed by atoms with Gasteiger partial charge >= 0.3 is 0 Å². The smallest absolute Gasteiger partial charge is 0.290 e. The molecule has 2 N–H and O–H groups in total. The van der Waals surface area contributed by atoms with E-state index in [1.807, 2.05) is 0 Å². The van der Waals surface area contributed by atoms with Gasteiger partial charge in [-0.25, -0.2) is 4.68 Å². The lowest BCUT2D eigenvalue weighted by molar-refractivity contribution is 0.0843. The molecule has 2 aromatic carbocycles. The van der Waals surface area contributed by atoms with E-state index in [1.54, 1.807) is 42.6 Å². The van der Waals surface area contributed by atoms with E-state index in [0.717, 1.165) is 0 Å². The fourth-order valence-corrected chi connectivity index (χ4v) is 2.62. The van der Waals surface area contributed by atoms with E-state index in [2.05, 4.69) is 16.0 Å². The Morgan fingerprint density at radius 2 is 1.71 bits per heavy atom. The zero-order valence-corrected chi connectivity index (χ0v) is 15.9. The summed E-state index contributed by atoms with van der Waals surface area (Å²) < 4.78 is 11.8. The van der Waals surface area contributed by atoms with Crippen LogP contribution in [0.4, 0.5) is 0 Å². The Labute approximate surface area is 166 Å². The summed E-state index contributed by atoms with van der Waals surface area (Å²) in [5.74, 6) is -0.172. The summed E-state index contributed by atoms with van der Waals surface area (Å²) in [5, 5.41) is 4.74. The van der Waals surface area contributed by atoms with Crippen molar-refractivity contribution >= 4 is 23.4 Å². The molecule has 0 aliphatic carbocycles. The van der Waals surface area contributed by atoms with Crippen molar-refractivity contribution in [3.63, 3.8) is 0 Å². The number of ether oxygens (including phenoxy) is 2. The Morgan fingerprint density at radius 3 is 2.43 bits per heavy atom. The van der Waals surface area contributed by atoms with Crippen molar-refractivity contribution < 1.29 is 19.1 Å². The molecule has 0 spiro atoms. The van der Waals surface area contributed by atoms with Gasteiger partial charge in [-0.3, -0.25) is 20.4 Å². The highest BCUT2D eigenvalue weighted by Crippen LogP contribution is 2.27. The highest BCUT2D eigenvalue weighted by molar-refractivity contribution is 6.30. The van der Waals surface area contributed by atoms with Crippen LogP contribution in [0.2, 0.25) is 5.02 Å². The molecule has 2 amide bonds. The van der Waals surface area contributed by atoms with E-state index in [0.29, 0.717) is 27.8 Å². The standard InChI is InChI=1S/C19H17ClN4O4/c1-27-16-7-6-12(10-17(16)28-2)18(25)21-22-19(26)15-8-9-24(23-15)14-5-3-4-13(20)11-14/h3-11H,1-2H3,(H,21,25)(H,22,26). The molecule has 1 heterocycles. The van der Waals surface area contributed by atoms with Gasteiger partial charge in [0.15, 0.2) is 17.2 Å². The van der Waals surface area contributed by atoms with E-state index in [1.165, 1.54) is 31.0 Å². The highest BCUT2D eigenvalue weighted by atomic mass is 35.5. The van der Waals surface area contributed by atoms with Gasteiger partial charge in [-0.2, -0.15) is 5.10 Å². The van der Waals surface area contributed by atoms with Crippen LogP contribution >= 0.6 is 11.6 Å². The minimum atomic E-state index is -0.561. The summed E-state index contributed by atoms with van der Waals surface area (Å²) in [5.41, 5.74) is 5.80. The van der Waals surface area contributed by atoms with E-state index in [9.17, 15) is 9.59 Å². The zero-order chi connectivity index (χ0) is 20.1. The van der Waals surface area contributed by atoms with Crippen molar-refractivity contribution in [3.8, 4) is 17.2 Å². The Morgan fingerprint density at radius 1 is 0.964 bits per heavy atom. The van der Waals surface area contributed by atoms with Crippen LogP contribution in [0.15, 0.2) is 54.7 Å². The lowest BCUT2D eigenvalue weighted by Gasteiger charge is -2.10. The summed E-state index contributed by atoms with van der Waals surface area (Å²) in [6.07, 6.45) is 1.62. The Bertz CT molecular complexity index is 1020. The van der Waals surface area contributed by atoms with Gasteiger partial charge in [-0.05, 0) is 42.5 Å². The van der Waals surface area contributed by atoms with Crippen LogP contribution in [0.5, 0.6) is 11.5 Å². The first-order valence-electron chi connectivity index (χ1n) is 8.16. The number of carbonyl (C=O) groups is 2. The van der Waals surface area contributed by atoms with Crippen LogP contribution in [0.3, 0.4) is 0 Å². The zero-order valence-electron chi connectivity index (χ0n) is 15.1. The fourth-order valence-electron chi connectivity index (χ4n) is 2.43. The summed E-state index contributed by atoms with van der Waals surface area (Å²) in [7, 11) is 2.97. The molecule has 0 aliphatic rings. The largest absolute Gasteiger partial charge is 0.493 e. The predicted molar refractivity (Wildman–Crippen MR) is 103 cm³/mol. The van der Waals surface area contributed by atoms with Gasteiger partial charge in [0.05, 0.1) is 19.9 Å². The normalized spacial score (nSPS) is 10.2. The molecule has 0 fully saturated rings. The van der Waals surface area contributed by atoms with Gasteiger partial charge in [0.2, 0.25) is 0 Å². The number of carbonyl (C=O) groups excluding carboxylic acids is 2. The third-order valence-electron chi connectivity index (χ3n) is 3.83. The van der Waals surface area contributed by atoms with Gasteiger partial charge in [-0.1, -0.05) is 17.7 Å². The second-order valence-corrected chi connectivity index (χ2v) is 6.04. The molecule has 0 unspecified atom stereocenters. The quantitative estimate of drug-likeness (QED) is 0.642. The number of halogens is 1. The molecule has 0 aliphatic heterocycles. The summed E-state index contributed by atoms with van der Waals surface area (Å²) in [6, 6.07) is 13.2. The molecule has 28 heavy (non-hydrogen) atoms. The Kier molecular flexibility index (Phi) is 5.81. The first-order valence-corrected chi connectivity index (χ1v) is 8.54. The first-order chi connectivity index (χ1) is 13.5. The lowest BCUT2D eigenvalue weighted by atomic mass is 10.2. The monoisotopic (exact) mass is 400 g/mol. The molecule has 3 aromatic rings. The Balaban J connectivity index is 1.65. The minimum absolute atomic E-state index is 0.132. The molecule has 0 saturated heterocycles. The number of amides is 2. The molecule has 0 saturated carbocycles. The van der Waals surface area contributed by atoms with Crippen molar-refractivity contribution in [1.29, 1.82) is 0 Å². The maximum absolute atomic E-state index is 12.2. The van der Waals surface area contributed by atoms with Gasteiger partial charge in [0.1, 0.15) is 0 Å². The van der Waals surface area contributed by atoms with Crippen LogP contribution in [0, 0.1) is 0 Å². The molecule has 9 heteroatoms. The van der Waals surface area contributed by atoms with E-state index in [4.69, 9.17) is 21.1 Å². The second-order valence-electron chi connectivity index (χ2n) is 5.60. The van der Waals surface area contributed by atoms with Gasteiger partial charge in [0.25, 0.3) is 11.8 Å². The topological polar surface area (TPSA) is 94.5 Å². The molecular formula is C19H17ClN4O4. The summed E-state index contributed by atoms with van der Waals surface area (Å²) >= 11 is 5.96. The van der Waals surface area contributed by atoms with Crippen LogP contribution < -0.4 is 20.3 Å². The number of rotatable bonds is 5. The second kappa shape index (κ2) is 8.45. The molecule has 0 bridgehead atoms. The average Bonchev–Trinajstić information content (AvgIpc) is 3.21. The fraction of sp³-hybridized carbons (Fsp3) is 0.105. The number of benzene rings is 2. The number of hydrogen-bond donors (Lipinski definition) is 2. The van der Waals surface area contributed by atoms with Crippen LogP contribution in [-0.4, -0.2) is 35.8 Å². The number of nitrogens with one attached hydrogen (secondary N) is 2. The average molecular weight is 401 g/mol. The molecule has 3 rings (SSSR count). The number of methoxy groups -OCH3 is 2. The van der Waals surface area contributed by atoms with Crippen molar-refractivity contribution in [3.05, 3.63) is 71.0 Å². The molecular weight excluding hydrogens is 384 g/mol. The number of hydrazine groups is 1. The van der Waals surface area contributed by atoms with E-state index < -0.39 is 11.8 Å². The highest BCUT2D eigenvalue weighted by Gasteiger charge is 2.14. The number of nitrogens with zero attached hydrogens (tertiary/aromatic N) is 2. The van der Waals surface area contributed by atoms with E-state index in [-0.39, 0.29) is 5.69 Å². The van der Waals surface area contributed by atoms with Crippen LogP contribution in [-0.2, 0) is 0 Å². The van der Waals surface area contributed by atoms with Crippen molar-refractivity contribution in [1.82, 2.24) is 20.6 Å². The molecule has 0 atom stereocenters. The van der Waals surface area contributed by atoms with Crippen molar-refractivity contribution in [2.24, 2.45) is 0 Å². The van der Waals surface area contributed by atoms with Crippen molar-refractivity contribution in [2.75, 3.05) is 14.2 Å². The molecule has 8 nitrogen and oxygen atoms in total. The molecule has 0 radical (unpaired) electrons. The lowest BCUT2D eigenvalue weighted by Crippen LogP contribution is -2.41. The van der Waals surface area contributed by atoms with Crippen LogP contribution in [0.25, 0.3) is 5.69 Å². The summed E-state index contributed by atoms with van der Waals surface area (Å²) in [6.45, 7) is 0. The minimum Gasteiger partial charge on any atom is -0.493 e. The summed E-state index contributed by atoms with van der Waals surface area (Å²) in [4.78, 5) is 24.5. The van der Waals surface area contributed by atoms with Gasteiger partial charge in [0, 0.05) is 16.8 Å². The van der Waals surface area contributed by atoms with E-state index >= 15 is 0 Å².